The van der Waals surface area contributed by atoms with Crippen molar-refractivity contribution in [2.45, 2.75) is 59.3 Å². The van der Waals surface area contributed by atoms with Crippen molar-refractivity contribution in [1.82, 2.24) is 5.32 Å². The van der Waals surface area contributed by atoms with Crippen LogP contribution in [0.1, 0.15) is 64.9 Å². The monoisotopic (exact) mass is 498 g/mol. The van der Waals surface area contributed by atoms with Gasteiger partial charge in [0, 0.05) is 47.0 Å². The first-order valence-corrected chi connectivity index (χ1v) is 12.9. The van der Waals surface area contributed by atoms with E-state index in [1.165, 1.54) is 0 Å². The molecule has 3 aliphatic rings. The Morgan fingerprint density at radius 3 is 2.05 bits per heavy atom. The minimum absolute atomic E-state index is 0.0847. The normalized spacial score (nSPS) is 20.6. The summed E-state index contributed by atoms with van der Waals surface area (Å²) >= 11 is 0. The highest BCUT2D eigenvalue weighted by atomic mass is 16.5. The molecule has 0 unspecified atom stereocenters. The molecule has 1 aliphatic heterocycles. The van der Waals surface area contributed by atoms with E-state index in [9.17, 15) is 14.4 Å². The van der Waals surface area contributed by atoms with Gasteiger partial charge in [-0.3, -0.25) is 14.4 Å². The predicted octanol–water partition coefficient (Wildman–Crippen LogP) is 5.68. The van der Waals surface area contributed by atoms with Crippen molar-refractivity contribution in [3.63, 3.8) is 0 Å². The number of carbonyl (C=O) groups is 3. The van der Waals surface area contributed by atoms with Crippen LogP contribution in [0.2, 0.25) is 0 Å². The summed E-state index contributed by atoms with van der Waals surface area (Å²) in [5.74, 6) is 0.00157. The number of benzene rings is 2. The summed E-state index contributed by atoms with van der Waals surface area (Å²) in [6.45, 7) is 8.30. The Hall–Kier alpha value is -3.67. The number of hydrogen-bond donors (Lipinski definition) is 2. The Morgan fingerprint density at radius 2 is 1.46 bits per heavy atom. The Bertz CT molecular complexity index is 1280. The maximum Gasteiger partial charge on any atom is 0.262 e. The van der Waals surface area contributed by atoms with E-state index >= 15 is 0 Å². The third kappa shape index (κ3) is 5.24. The third-order valence-electron chi connectivity index (χ3n) is 7.34. The third-order valence-corrected chi connectivity index (χ3v) is 7.34. The maximum absolute atomic E-state index is 13.5. The van der Waals surface area contributed by atoms with Crippen LogP contribution in [0.25, 0.3) is 0 Å². The Labute approximate surface area is 218 Å². The molecule has 0 bridgehead atoms. The van der Waals surface area contributed by atoms with Gasteiger partial charge in [0.05, 0.1) is 0 Å². The summed E-state index contributed by atoms with van der Waals surface area (Å²) in [4.78, 5) is 39.4. The fourth-order valence-corrected chi connectivity index (χ4v) is 5.87. The maximum atomic E-state index is 13.5. The van der Waals surface area contributed by atoms with Crippen molar-refractivity contribution in [3.8, 4) is 5.75 Å². The van der Waals surface area contributed by atoms with Gasteiger partial charge in [-0.15, -0.1) is 0 Å². The molecule has 0 aromatic heterocycles. The number of anilines is 1. The molecule has 1 amide bonds. The summed E-state index contributed by atoms with van der Waals surface area (Å²) in [5, 5.41) is 6.36. The molecule has 2 N–H and O–H groups in total. The van der Waals surface area contributed by atoms with Crippen LogP contribution in [0.5, 0.6) is 5.75 Å². The van der Waals surface area contributed by atoms with Crippen LogP contribution in [-0.4, -0.2) is 24.1 Å². The molecular weight excluding hydrogens is 464 g/mol. The van der Waals surface area contributed by atoms with Crippen LogP contribution in [0, 0.1) is 10.8 Å². The number of allylic oxidation sites excluding steroid dienone is 4. The summed E-state index contributed by atoms with van der Waals surface area (Å²) in [6.07, 6.45) is 2.40. The number of ketones is 2. The van der Waals surface area contributed by atoms with Gasteiger partial charge in [-0.2, -0.15) is 0 Å². The summed E-state index contributed by atoms with van der Waals surface area (Å²) < 4.78 is 5.83. The number of amides is 1. The van der Waals surface area contributed by atoms with Gasteiger partial charge >= 0.3 is 0 Å². The molecule has 0 radical (unpaired) electrons. The van der Waals surface area contributed by atoms with Crippen LogP contribution >= 0.6 is 0 Å². The number of Topliss-reactive ketones (excluding diaryl/α,β-unsaturated/α-hetero) is 2. The van der Waals surface area contributed by atoms with Crippen LogP contribution in [0.4, 0.5) is 5.69 Å². The molecule has 6 nitrogen and oxygen atoms in total. The number of nitrogens with one attached hydrogen (secondary N) is 2. The Morgan fingerprint density at radius 1 is 0.865 bits per heavy atom. The van der Waals surface area contributed by atoms with E-state index in [1.54, 1.807) is 6.07 Å². The van der Waals surface area contributed by atoms with Gasteiger partial charge in [0.25, 0.3) is 5.91 Å². The molecule has 0 saturated carbocycles. The molecule has 6 heteroatoms. The number of hydrogen-bond acceptors (Lipinski definition) is 5. The first kappa shape index (κ1) is 25.0. The van der Waals surface area contributed by atoms with E-state index in [2.05, 4.69) is 38.3 Å². The SMILES string of the molecule is CC1(C)CC(=O)C2=C(C1)NC1=C(C(=O)CC(C)(C)C1)C2c1cccc(OCC(=O)Nc2ccccc2)c1. The van der Waals surface area contributed by atoms with Gasteiger partial charge in [0.2, 0.25) is 0 Å². The fraction of sp³-hybridized carbons (Fsp3) is 0.387. The molecule has 1 heterocycles. The van der Waals surface area contributed by atoms with E-state index in [1.807, 2.05) is 48.5 Å². The molecule has 0 fully saturated rings. The second-order valence-corrected chi connectivity index (χ2v) is 12.0. The van der Waals surface area contributed by atoms with Crippen molar-refractivity contribution in [1.29, 1.82) is 0 Å². The zero-order chi connectivity index (χ0) is 26.4. The van der Waals surface area contributed by atoms with E-state index in [-0.39, 0.29) is 34.9 Å². The first-order valence-electron chi connectivity index (χ1n) is 12.9. The van der Waals surface area contributed by atoms with Crippen LogP contribution in [0.3, 0.4) is 0 Å². The number of ether oxygens (including phenoxy) is 1. The fourth-order valence-electron chi connectivity index (χ4n) is 5.87. The zero-order valence-corrected chi connectivity index (χ0v) is 21.9. The van der Waals surface area contributed by atoms with Gasteiger partial charge in [-0.05, 0) is 53.5 Å². The molecule has 192 valence electrons. The molecule has 5 rings (SSSR count). The molecule has 37 heavy (non-hydrogen) atoms. The molecule has 2 aromatic rings. The number of rotatable bonds is 5. The van der Waals surface area contributed by atoms with Crippen molar-refractivity contribution < 1.29 is 19.1 Å². The summed E-state index contributed by atoms with van der Waals surface area (Å²) in [7, 11) is 0. The van der Waals surface area contributed by atoms with Gasteiger partial charge in [0.1, 0.15) is 5.75 Å². The topological polar surface area (TPSA) is 84.5 Å². The Kier molecular flexibility index (Phi) is 6.30. The largest absolute Gasteiger partial charge is 0.484 e. The number of para-hydroxylation sites is 1. The molecule has 0 spiro atoms. The van der Waals surface area contributed by atoms with Crippen LogP contribution in [-0.2, 0) is 14.4 Å². The van der Waals surface area contributed by atoms with E-state index < -0.39 is 5.92 Å². The van der Waals surface area contributed by atoms with Gasteiger partial charge in [0.15, 0.2) is 18.2 Å². The second-order valence-electron chi connectivity index (χ2n) is 12.0. The van der Waals surface area contributed by atoms with Gasteiger partial charge < -0.3 is 15.4 Å². The van der Waals surface area contributed by atoms with Crippen molar-refractivity contribution >= 4 is 23.2 Å². The van der Waals surface area contributed by atoms with Gasteiger partial charge in [-0.1, -0.05) is 58.0 Å². The first-order chi connectivity index (χ1) is 17.5. The van der Waals surface area contributed by atoms with E-state index in [4.69, 9.17) is 4.74 Å². The smallest absolute Gasteiger partial charge is 0.262 e. The van der Waals surface area contributed by atoms with Crippen LogP contribution in [0.15, 0.2) is 77.1 Å². The average Bonchev–Trinajstić information content (AvgIpc) is 2.80. The number of carbonyl (C=O) groups excluding carboxylic acids is 3. The Balaban J connectivity index is 1.46. The predicted molar refractivity (Wildman–Crippen MR) is 143 cm³/mol. The molecule has 0 atom stereocenters. The number of dihydropyridines is 1. The highest BCUT2D eigenvalue weighted by molar-refractivity contribution is 6.06. The van der Waals surface area contributed by atoms with E-state index in [0.29, 0.717) is 35.4 Å². The van der Waals surface area contributed by atoms with Gasteiger partial charge in [-0.25, -0.2) is 0 Å². The standard InChI is InChI=1S/C31H34N2O4/c1-30(2)14-22-28(24(34)16-30)27(29-23(33-22)15-31(3,4)17-25(29)35)19-9-8-12-21(13-19)37-18-26(36)32-20-10-6-5-7-11-20/h5-13,27,33H,14-18H2,1-4H3,(H,32,36). The minimum atomic E-state index is -0.430. The minimum Gasteiger partial charge on any atom is -0.484 e. The zero-order valence-electron chi connectivity index (χ0n) is 21.9. The lowest BCUT2D eigenvalue weighted by Gasteiger charge is -2.44. The molecule has 0 saturated heterocycles. The van der Waals surface area contributed by atoms with Crippen molar-refractivity contribution in [2.75, 3.05) is 11.9 Å². The molecular formula is C31H34N2O4. The summed E-state index contributed by atoms with van der Waals surface area (Å²) in [5.41, 5.74) is 4.52. The second kappa shape index (κ2) is 9.33. The van der Waals surface area contributed by atoms with Crippen molar-refractivity contribution in [3.05, 3.63) is 82.7 Å². The average molecular weight is 499 g/mol. The molecule has 2 aliphatic carbocycles. The van der Waals surface area contributed by atoms with Crippen LogP contribution < -0.4 is 15.4 Å². The lowest BCUT2D eigenvalue weighted by Crippen LogP contribution is -2.42. The lowest BCUT2D eigenvalue weighted by atomic mass is 9.64. The quantitative estimate of drug-likeness (QED) is 0.554. The highest BCUT2D eigenvalue weighted by Gasteiger charge is 2.46. The highest BCUT2D eigenvalue weighted by Crippen LogP contribution is 2.51. The molecule has 2 aromatic carbocycles. The van der Waals surface area contributed by atoms with Crippen molar-refractivity contribution in [2.24, 2.45) is 10.8 Å². The summed E-state index contributed by atoms with van der Waals surface area (Å²) in [6, 6.07) is 16.7. The van der Waals surface area contributed by atoms with E-state index in [0.717, 1.165) is 29.8 Å². The lowest BCUT2D eigenvalue weighted by molar-refractivity contribution is -0.119.